The minimum atomic E-state index is -0.301. The van der Waals surface area contributed by atoms with Crippen molar-refractivity contribution in [3.05, 3.63) is 59.1 Å². The van der Waals surface area contributed by atoms with E-state index in [1.165, 1.54) is 0 Å². The first kappa shape index (κ1) is 15.5. The lowest BCUT2D eigenvalue weighted by Crippen LogP contribution is -2.37. The van der Waals surface area contributed by atoms with Crippen molar-refractivity contribution in [3.63, 3.8) is 0 Å². The molecule has 1 amide bonds. The number of benzene rings is 2. The summed E-state index contributed by atoms with van der Waals surface area (Å²) in [5, 5.41) is 7.24. The number of anilines is 1. The summed E-state index contributed by atoms with van der Waals surface area (Å²) >= 11 is 1.66. The molecule has 0 aliphatic rings. The van der Waals surface area contributed by atoms with Gasteiger partial charge in [-0.25, -0.2) is 4.98 Å². The molecule has 23 heavy (non-hydrogen) atoms. The molecule has 118 valence electrons. The number of carbonyl (C=O) groups is 1. The van der Waals surface area contributed by atoms with E-state index in [9.17, 15) is 4.79 Å². The highest BCUT2D eigenvalue weighted by Crippen LogP contribution is 2.25. The van der Waals surface area contributed by atoms with Gasteiger partial charge < -0.3 is 10.6 Å². The number of aromatic nitrogens is 1. The molecule has 0 bridgehead atoms. The molecule has 0 radical (unpaired) electrons. The second-order valence-electron chi connectivity index (χ2n) is 5.48. The minimum absolute atomic E-state index is 0.0190. The number of fused-ring (bicyclic) bond motifs is 1. The minimum Gasteiger partial charge on any atom is -0.374 e. The standard InChI is InChI=1S/C18H19N3OS/c1-12(18(22)19-11-14-6-4-3-5-7-14)20-15-8-9-16-17(10-15)23-13(2)21-16/h3-10,12,20H,11H2,1-2H3,(H,19,22)/t12-/m1/s1. The molecule has 1 aromatic heterocycles. The SMILES string of the molecule is Cc1nc2ccc(N[C@H](C)C(=O)NCc3ccccc3)cc2s1. The normalized spacial score (nSPS) is 12.1. The molecule has 0 aliphatic heterocycles. The predicted molar refractivity (Wildman–Crippen MR) is 95.7 cm³/mol. The van der Waals surface area contributed by atoms with Gasteiger partial charge in [0.05, 0.1) is 15.2 Å². The van der Waals surface area contributed by atoms with Gasteiger partial charge in [-0.2, -0.15) is 0 Å². The summed E-state index contributed by atoms with van der Waals surface area (Å²) in [5.74, 6) is -0.0190. The molecule has 5 heteroatoms. The van der Waals surface area contributed by atoms with E-state index in [2.05, 4.69) is 15.6 Å². The van der Waals surface area contributed by atoms with Crippen LogP contribution in [-0.4, -0.2) is 16.9 Å². The van der Waals surface area contributed by atoms with Crippen molar-refractivity contribution in [1.82, 2.24) is 10.3 Å². The summed E-state index contributed by atoms with van der Waals surface area (Å²) in [6, 6.07) is 15.6. The molecule has 1 atom stereocenters. The van der Waals surface area contributed by atoms with Gasteiger partial charge in [-0.1, -0.05) is 30.3 Å². The van der Waals surface area contributed by atoms with Crippen LogP contribution in [0.2, 0.25) is 0 Å². The molecule has 3 rings (SSSR count). The first-order valence-corrected chi connectivity index (χ1v) is 8.39. The molecule has 2 aromatic carbocycles. The lowest BCUT2D eigenvalue weighted by atomic mass is 10.2. The number of hydrogen-bond donors (Lipinski definition) is 2. The average Bonchev–Trinajstić information content (AvgIpc) is 2.92. The largest absolute Gasteiger partial charge is 0.374 e. The fraction of sp³-hybridized carbons (Fsp3) is 0.222. The second-order valence-corrected chi connectivity index (χ2v) is 6.72. The molecular weight excluding hydrogens is 306 g/mol. The van der Waals surface area contributed by atoms with Gasteiger partial charge in [-0.05, 0) is 37.6 Å². The van der Waals surface area contributed by atoms with Gasteiger partial charge in [0.25, 0.3) is 0 Å². The summed E-state index contributed by atoms with van der Waals surface area (Å²) < 4.78 is 1.13. The van der Waals surface area contributed by atoms with Crippen LogP contribution in [0.5, 0.6) is 0 Å². The van der Waals surface area contributed by atoms with Gasteiger partial charge in [-0.15, -0.1) is 11.3 Å². The molecule has 3 aromatic rings. The number of nitrogens with one attached hydrogen (secondary N) is 2. The Hall–Kier alpha value is -2.40. The Kier molecular flexibility index (Phi) is 4.57. The Morgan fingerprint density at radius 3 is 2.78 bits per heavy atom. The van der Waals surface area contributed by atoms with E-state index in [1.54, 1.807) is 11.3 Å². The van der Waals surface area contributed by atoms with Gasteiger partial charge in [-0.3, -0.25) is 4.79 Å². The van der Waals surface area contributed by atoms with Gasteiger partial charge in [0.15, 0.2) is 0 Å². The topological polar surface area (TPSA) is 54.0 Å². The second kappa shape index (κ2) is 6.79. The lowest BCUT2D eigenvalue weighted by Gasteiger charge is -2.15. The quantitative estimate of drug-likeness (QED) is 0.752. The monoisotopic (exact) mass is 325 g/mol. The number of thiazole rings is 1. The fourth-order valence-electron chi connectivity index (χ4n) is 2.38. The molecule has 4 nitrogen and oxygen atoms in total. The highest BCUT2D eigenvalue weighted by atomic mass is 32.1. The molecule has 0 saturated carbocycles. The van der Waals surface area contributed by atoms with E-state index in [-0.39, 0.29) is 11.9 Å². The zero-order valence-corrected chi connectivity index (χ0v) is 14.0. The zero-order valence-electron chi connectivity index (χ0n) is 13.2. The Morgan fingerprint density at radius 1 is 1.22 bits per heavy atom. The predicted octanol–water partition coefficient (Wildman–Crippen LogP) is 3.72. The van der Waals surface area contributed by atoms with E-state index in [1.807, 2.05) is 62.4 Å². The summed E-state index contributed by atoms with van der Waals surface area (Å²) in [5.41, 5.74) is 3.03. The Labute approximate surface area is 139 Å². The van der Waals surface area contributed by atoms with E-state index >= 15 is 0 Å². The van der Waals surface area contributed by atoms with Gasteiger partial charge in [0.2, 0.25) is 5.91 Å². The van der Waals surface area contributed by atoms with Crippen molar-refractivity contribution in [1.29, 1.82) is 0 Å². The van der Waals surface area contributed by atoms with Crippen LogP contribution in [0.4, 0.5) is 5.69 Å². The number of aryl methyl sites for hydroxylation is 1. The molecule has 0 unspecified atom stereocenters. The molecule has 0 spiro atoms. The third-order valence-electron chi connectivity index (χ3n) is 3.58. The maximum atomic E-state index is 12.2. The number of hydrogen-bond acceptors (Lipinski definition) is 4. The van der Waals surface area contributed by atoms with Crippen LogP contribution in [0.25, 0.3) is 10.2 Å². The molecule has 1 heterocycles. The maximum Gasteiger partial charge on any atom is 0.242 e. The highest BCUT2D eigenvalue weighted by Gasteiger charge is 2.12. The van der Waals surface area contributed by atoms with Crippen molar-refractivity contribution in [3.8, 4) is 0 Å². The number of carbonyl (C=O) groups excluding carboxylic acids is 1. The highest BCUT2D eigenvalue weighted by molar-refractivity contribution is 7.18. The van der Waals surface area contributed by atoms with Crippen molar-refractivity contribution >= 4 is 33.1 Å². The van der Waals surface area contributed by atoms with Crippen molar-refractivity contribution in [2.75, 3.05) is 5.32 Å². The van der Waals surface area contributed by atoms with Crippen LogP contribution >= 0.6 is 11.3 Å². The number of amides is 1. The number of nitrogens with zero attached hydrogens (tertiary/aromatic N) is 1. The van der Waals surface area contributed by atoms with Crippen LogP contribution < -0.4 is 10.6 Å². The molecule has 0 aliphatic carbocycles. The summed E-state index contributed by atoms with van der Waals surface area (Å²) in [6.07, 6.45) is 0. The van der Waals surface area contributed by atoms with E-state index < -0.39 is 0 Å². The lowest BCUT2D eigenvalue weighted by molar-refractivity contribution is -0.121. The third-order valence-corrected chi connectivity index (χ3v) is 4.51. The smallest absolute Gasteiger partial charge is 0.242 e. The van der Waals surface area contributed by atoms with Crippen molar-refractivity contribution in [2.24, 2.45) is 0 Å². The summed E-state index contributed by atoms with van der Waals surface area (Å²) in [4.78, 5) is 16.6. The van der Waals surface area contributed by atoms with Crippen LogP contribution in [0, 0.1) is 6.92 Å². The van der Waals surface area contributed by atoms with E-state index in [4.69, 9.17) is 0 Å². The van der Waals surface area contributed by atoms with Gasteiger partial charge in [0, 0.05) is 12.2 Å². The van der Waals surface area contributed by atoms with Crippen molar-refractivity contribution < 1.29 is 4.79 Å². The van der Waals surface area contributed by atoms with Crippen molar-refractivity contribution in [2.45, 2.75) is 26.4 Å². The van der Waals surface area contributed by atoms with Crippen LogP contribution in [0.3, 0.4) is 0 Å². The Morgan fingerprint density at radius 2 is 2.00 bits per heavy atom. The van der Waals surface area contributed by atoms with E-state index in [0.717, 1.165) is 26.5 Å². The van der Waals surface area contributed by atoms with Crippen LogP contribution in [0.1, 0.15) is 17.5 Å². The summed E-state index contributed by atoms with van der Waals surface area (Å²) in [7, 11) is 0. The Balaban J connectivity index is 1.60. The zero-order chi connectivity index (χ0) is 16.2. The molecule has 2 N–H and O–H groups in total. The first-order valence-electron chi connectivity index (χ1n) is 7.57. The molecular formula is C18H19N3OS. The fourth-order valence-corrected chi connectivity index (χ4v) is 3.25. The van der Waals surface area contributed by atoms with Gasteiger partial charge >= 0.3 is 0 Å². The van der Waals surface area contributed by atoms with Crippen LogP contribution in [-0.2, 0) is 11.3 Å². The Bertz CT molecular complexity index is 814. The van der Waals surface area contributed by atoms with E-state index in [0.29, 0.717) is 6.54 Å². The number of rotatable bonds is 5. The van der Waals surface area contributed by atoms with Gasteiger partial charge in [0.1, 0.15) is 6.04 Å². The molecule has 0 saturated heterocycles. The third kappa shape index (κ3) is 3.87. The maximum absolute atomic E-state index is 12.2. The van der Waals surface area contributed by atoms with Crippen LogP contribution in [0.15, 0.2) is 48.5 Å². The first-order chi connectivity index (χ1) is 11.1. The summed E-state index contributed by atoms with van der Waals surface area (Å²) in [6.45, 7) is 4.40. The average molecular weight is 325 g/mol. The molecule has 0 fully saturated rings.